The summed E-state index contributed by atoms with van der Waals surface area (Å²) in [5, 5.41) is 11.8. The molecule has 0 aromatic carbocycles. The quantitative estimate of drug-likeness (QED) is 0.850. The summed E-state index contributed by atoms with van der Waals surface area (Å²) in [6, 6.07) is 2.89. The fourth-order valence-electron chi connectivity index (χ4n) is 2.09. The van der Waals surface area contributed by atoms with Crippen molar-refractivity contribution in [3.63, 3.8) is 0 Å². The molecule has 0 radical (unpaired) electrons. The first kappa shape index (κ1) is 12.5. The van der Waals surface area contributed by atoms with E-state index in [1.165, 1.54) is 24.8 Å². The van der Waals surface area contributed by atoms with Crippen molar-refractivity contribution < 1.29 is 14.7 Å². The van der Waals surface area contributed by atoms with Crippen LogP contribution in [0, 0.1) is 5.41 Å². The highest BCUT2D eigenvalue weighted by Crippen LogP contribution is 2.39. The molecule has 1 amide bonds. The molecule has 0 aliphatic heterocycles. The molecular formula is C13H16N2O3. The number of hydrogen-bond donors (Lipinski definition) is 2. The highest BCUT2D eigenvalue weighted by molar-refractivity contribution is 6.03. The normalized spacial score (nSPS) is 16.7. The van der Waals surface area contributed by atoms with Gasteiger partial charge >= 0.3 is 5.97 Å². The van der Waals surface area contributed by atoms with Gasteiger partial charge in [0, 0.05) is 12.7 Å². The van der Waals surface area contributed by atoms with Gasteiger partial charge in [-0.2, -0.15) is 0 Å². The van der Waals surface area contributed by atoms with E-state index in [9.17, 15) is 9.59 Å². The first-order chi connectivity index (χ1) is 8.52. The molecule has 5 nitrogen and oxygen atoms in total. The molecule has 0 spiro atoms. The zero-order valence-electron chi connectivity index (χ0n) is 10.3. The van der Waals surface area contributed by atoms with E-state index in [0.717, 1.165) is 12.8 Å². The number of aromatic nitrogens is 1. The third-order valence-electron chi connectivity index (χ3n) is 3.49. The van der Waals surface area contributed by atoms with Crippen LogP contribution >= 0.6 is 0 Å². The van der Waals surface area contributed by atoms with Crippen LogP contribution in [-0.2, 0) is 0 Å². The van der Waals surface area contributed by atoms with Gasteiger partial charge in [-0.25, -0.2) is 4.79 Å². The molecule has 2 N–H and O–H groups in total. The van der Waals surface area contributed by atoms with Gasteiger partial charge in [-0.15, -0.1) is 0 Å². The van der Waals surface area contributed by atoms with Crippen LogP contribution in [0.25, 0.3) is 0 Å². The number of carbonyl (C=O) groups excluding carboxylic acids is 1. The third-order valence-corrected chi connectivity index (χ3v) is 3.49. The second-order valence-electron chi connectivity index (χ2n) is 5.05. The maximum atomic E-state index is 11.9. The van der Waals surface area contributed by atoms with E-state index in [1.54, 1.807) is 0 Å². The lowest BCUT2D eigenvalue weighted by molar-refractivity contribution is 0.0688. The van der Waals surface area contributed by atoms with Gasteiger partial charge in [0.1, 0.15) is 5.69 Å². The Hall–Kier alpha value is -1.91. The van der Waals surface area contributed by atoms with Crippen molar-refractivity contribution in [1.82, 2.24) is 10.3 Å². The molecule has 0 atom stereocenters. The summed E-state index contributed by atoms with van der Waals surface area (Å²) in [6.07, 6.45) is 4.81. The van der Waals surface area contributed by atoms with E-state index in [0.29, 0.717) is 6.54 Å². The van der Waals surface area contributed by atoms with Crippen LogP contribution in [0.2, 0.25) is 0 Å². The van der Waals surface area contributed by atoms with Crippen LogP contribution in [0.15, 0.2) is 18.3 Å². The highest BCUT2D eigenvalue weighted by atomic mass is 16.4. The lowest BCUT2D eigenvalue weighted by Crippen LogP contribution is -2.40. The zero-order chi connectivity index (χ0) is 13.2. The predicted octanol–water partition coefficient (Wildman–Crippen LogP) is 1.70. The number of carboxylic acid groups (broad SMARTS) is 1. The largest absolute Gasteiger partial charge is 0.478 e. The van der Waals surface area contributed by atoms with Gasteiger partial charge in [0.05, 0.1) is 5.56 Å². The van der Waals surface area contributed by atoms with E-state index < -0.39 is 11.9 Å². The number of aromatic carboxylic acids is 1. The first-order valence-corrected chi connectivity index (χ1v) is 5.98. The Morgan fingerprint density at radius 1 is 1.50 bits per heavy atom. The SMILES string of the molecule is CC1(CNC(=O)c2ncccc2C(=O)O)CCC1. The summed E-state index contributed by atoms with van der Waals surface area (Å²) in [4.78, 5) is 26.7. The minimum absolute atomic E-state index is 0.0204. The Kier molecular flexibility index (Phi) is 3.32. The fourth-order valence-corrected chi connectivity index (χ4v) is 2.09. The molecule has 18 heavy (non-hydrogen) atoms. The lowest BCUT2D eigenvalue weighted by Gasteiger charge is -2.38. The molecule has 1 aromatic rings. The first-order valence-electron chi connectivity index (χ1n) is 5.98. The van der Waals surface area contributed by atoms with Gasteiger partial charge in [0.15, 0.2) is 0 Å². The van der Waals surface area contributed by atoms with Crippen molar-refractivity contribution >= 4 is 11.9 Å². The van der Waals surface area contributed by atoms with Crippen LogP contribution in [0.5, 0.6) is 0 Å². The molecule has 1 aliphatic carbocycles. The molecular weight excluding hydrogens is 232 g/mol. The Labute approximate surface area is 105 Å². The van der Waals surface area contributed by atoms with E-state index in [2.05, 4.69) is 17.2 Å². The number of hydrogen-bond acceptors (Lipinski definition) is 3. The van der Waals surface area contributed by atoms with Gasteiger partial charge in [-0.05, 0) is 30.4 Å². The summed E-state index contributed by atoms with van der Waals surface area (Å²) in [5.41, 5.74) is 0.0788. The average molecular weight is 248 g/mol. The average Bonchev–Trinajstić information content (AvgIpc) is 2.33. The second-order valence-corrected chi connectivity index (χ2v) is 5.05. The van der Waals surface area contributed by atoms with Crippen molar-refractivity contribution in [2.75, 3.05) is 6.54 Å². The number of carboxylic acids is 1. The van der Waals surface area contributed by atoms with Crippen molar-refractivity contribution in [3.8, 4) is 0 Å². The minimum Gasteiger partial charge on any atom is -0.478 e. The molecule has 1 fully saturated rings. The van der Waals surface area contributed by atoms with E-state index in [1.807, 2.05) is 0 Å². The molecule has 0 saturated heterocycles. The highest BCUT2D eigenvalue weighted by Gasteiger charge is 2.32. The van der Waals surface area contributed by atoms with Crippen molar-refractivity contribution in [1.29, 1.82) is 0 Å². The molecule has 1 heterocycles. The minimum atomic E-state index is -1.14. The number of rotatable bonds is 4. The van der Waals surface area contributed by atoms with E-state index >= 15 is 0 Å². The van der Waals surface area contributed by atoms with Crippen molar-refractivity contribution in [2.24, 2.45) is 5.41 Å². The monoisotopic (exact) mass is 248 g/mol. The smallest absolute Gasteiger partial charge is 0.338 e. The van der Waals surface area contributed by atoms with Gasteiger partial charge in [0.2, 0.25) is 0 Å². The third kappa shape index (κ3) is 2.50. The van der Waals surface area contributed by atoms with Gasteiger partial charge in [-0.1, -0.05) is 13.3 Å². The van der Waals surface area contributed by atoms with Gasteiger partial charge < -0.3 is 10.4 Å². The van der Waals surface area contributed by atoms with Crippen LogP contribution in [0.4, 0.5) is 0 Å². The molecule has 1 aliphatic rings. The summed E-state index contributed by atoms with van der Waals surface area (Å²) in [6.45, 7) is 2.69. The van der Waals surface area contributed by atoms with Gasteiger partial charge in [-0.3, -0.25) is 9.78 Å². The maximum absolute atomic E-state index is 11.9. The van der Waals surface area contributed by atoms with Crippen LogP contribution < -0.4 is 5.32 Å². The Bertz CT molecular complexity index is 481. The summed E-state index contributed by atoms with van der Waals surface area (Å²) in [7, 11) is 0. The van der Waals surface area contributed by atoms with E-state index in [-0.39, 0.29) is 16.7 Å². The molecule has 2 rings (SSSR count). The van der Waals surface area contributed by atoms with Crippen molar-refractivity contribution in [2.45, 2.75) is 26.2 Å². The predicted molar refractivity (Wildman–Crippen MR) is 65.5 cm³/mol. The van der Waals surface area contributed by atoms with Crippen LogP contribution in [0.3, 0.4) is 0 Å². The lowest BCUT2D eigenvalue weighted by atomic mass is 9.70. The summed E-state index contributed by atoms with van der Waals surface area (Å²) >= 11 is 0. The number of carbonyl (C=O) groups is 2. The fraction of sp³-hybridized carbons (Fsp3) is 0.462. The number of nitrogens with one attached hydrogen (secondary N) is 1. The maximum Gasteiger partial charge on any atom is 0.338 e. The zero-order valence-corrected chi connectivity index (χ0v) is 10.3. The Morgan fingerprint density at radius 3 is 2.78 bits per heavy atom. The second kappa shape index (κ2) is 4.76. The molecule has 0 bridgehead atoms. The van der Waals surface area contributed by atoms with E-state index in [4.69, 9.17) is 5.11 Å². The standard InChI is InChI=1S/C13H16N2O3/c1-13(5-3-6-13)8-15-11(16)10-9(12(17)18)4-2-7-14-10/h2,4,7H,3,5-6,8H2,1H3,(H,15,16)(H,17,18). The number of nitrogens with zero attached hydrogens (tertiary/aromatic N) is 1. The summed E-state index contributed by atoms with van der Waals surface area (Å²) in [5.74, 6) is -1.55. The molecule has 96 valence electrons. The number of amides is 1. The Balaban J connectivity index is 2.06. The molecule has 5 heteroatoms. The molecule has 1 aromatic heterocycles. The molecule has 1 saturated carbocycles. The van der Waals surface area contributed by atoms with Gasteiger partial charge in [0.25, 0.3) is 5.91 Å². The summed E-state index contributed by atoms with van der Waals surface area (Å²) < 4.78 is 0. The number of pyridine rings is 1. The Morgan fingerprint density at radius 2 is 2.22 bits per heavy atom. The van der Waals surface area contributed by atoms with Crippen molar-refractivity contribution in [3.05, 3.63) is 29.6 Å². The van der Waals surface area contributed by atoms with Crippen LogP contribution in [-0.4, -0.2) is 28.5 Å². The van der Waals surface area contributed by atoms with Crippen LogP contribution in [0.1, 0.15) is 47.0 Å². The topological polar surface area (TPSA) is 79.3 Å². The molecule has 0 unspecified atom stereocenters.